The third kappa shape index (κ3) is 3.98. The topological polar surface area (TPSA) is 58.5 Å². The standard InChI is InChI=1S/C20H15F4N5/c1-12(28-17-8-26-19-16(17)6-15(21)7-25-19)18-10-29(11-27-18)9-13-2-4-14(5-3-13)20(22,23)24/h2-8,10-11,28H,1,9H2,(H,25,26). The van der Waals surface area contributed by atoms with Gasteiger partial charge in [-0.05, 0) is 23.8 Å². The van der Waals surface area contributed by atoms with Gasteiger partial charge in [-0.15, -0.1) is 0 Å². The van der Waals surface area contributed by atoms with Crippen LogP contribution in [-0.2, 0) is 12.7 Å². The van der Waals surface area contributed by atoms with Crippen LogP contribution in [0.3, 0.4) is 0 Å². The fraction of sp³-hybridized carbons (Fsp3) is 0.100. The molecule has 0 aliphatic heterocycles. The van der Waals surface area contributed by atoms with Gasteiger partial charge in [0.2, 0.25) is 0 Å². The number of hydrogen-bond acceptors (Lipinski definition) is 3. The smallest absolute Gasteiger partial charge is 0.352 e. The first-order valence-electron chi connectivity index (χ1n) is 8.56. The van der Waals surface area contributed by atoms with E-state index in [1.807, 2.05) is 0 Å². The molecule has 0 saturated heterocycles. The van der Waals surface area contributed by atoms with E-state index in [-0.39, 0.29) is 0 Å². The van der Waals surface area contributed by atoms with Gasteiger partial charge >= 0.3 is 6.18 Å². The molecule has 3 aromatic heterocycles. The molecule has 4 aromatic rings. The molecule has 9 heteroatoms. The Morgan fingerprint density at radius 2 is 1.93 bits per heavy atom. The van der Waals surface area contributed by atoms with Crippen molar-refractivity contribution in [3.8, 4) is 0 Å². The Morgan fingerprint density at radius 1 is 1.17 bits per heavy atom. The molecule has 5 nitrogen and oxygen atoms in total. The van der Waals surface area contributed by atoms with Crippen LogP contribution in [0.15, 0.2) is 61.8 Å². The van der Waals surface area contributed by atoms with Gasteiger partial charge in [-0.25, -0.2) is 14.4 Å². The molecule has 0 bridgehead atoms. The first-order chi connectivity index (χ1) is 13.8. The molecule has 148 valence electrons. The highest BCUT2D eigenvalue weighted by molar-refractivity contribution is 5.93. The van der Waals surface area contributed by atoms with Crippen molar-refractivity contribution in [2.45, 2.75) is 12.7 Å². The molecule has 0 radical (unpaired) electrons. The predicted molar refractivity (Wildman–Crippen MR) is 101 cm³/mol. The van der Waals surface area contributed by atoms with Crippen molar-refractivity contribution in [1.82, 2.24) is 19.5 Å². The number of H-pyrrole nitrogens is 1. The van der Waals surface area contributed by atoms with Crippen molar-refractivity contribution in [3.63, 3.8) is 0 Å². The largest absolute Gasteiger partial charge is 0.416 e. The summed E-state index contributed by atoms with van der Waals surface area (Å²) in [6.07, 6.45) is 1.71. The molecule has 0 amide bonds. The van der Waals surface area contributed by atoms with Gasteiger partial charge in [-0.3, -0.25) is 0 Å². The monoisotopic (exact) mass is 401 g/mol. The molecule has 0 aliphatic rings. The van der Waals surface area contributed by atoms with E-state index < -0.39 is 17.6 Å². The van der Waals surface area contributed by atoms with Gasteiger partial charge in [-0.1, -0.05) is 18.7 Å². The van der Waals surface area contributed by atoms with Crippen LogP contribution in [-0.4, -0.2) is 19.5 Å². The number of nitrogens with one attached hydrogen (secondary N) is 2. The lowest BCUT2D eigenvalue weighted by molar-refractivity contribution is -0.137. The van der Waals surface area contributed by atoms with Gasteiger partial charge in [0, 0.05) is 24.3 Å². The molecule has 0 spiro atoms. The van der Waals surface area contributed by atoms with Crippen molar-refractivity contribution in [3.05, 3.63) is 84.5 Å². The average molecular weight is 401 g/mol. The van der Waals surface area contributed by atoms with Gasteiger partial charge in [0.15, 0.2) is 0 Å². The molecule has 0 aliphatic carbocycles. The Bertz CT molecular complexity index is 1170. The third-order valence-electron chi connectivity index (χ3n) is 4.37. The van der Waals surface area contributed by atoms with Gasteiger partial charge < -0.3 is 14.9 Å². The highest BCUT2D eigenvalue weighted by Gasteiger charge is 2.29. The van der Waals surface area contributed by atoms with Gasteiger partial charge in [0.1, 0.15) is 17.2 Å². The number of nitrogens with zero attached hydrogens (tertiary/aromatic N) is 3. The van der Waals surface area contributed by atoms with E-state index in [4.69, 9.17) is 0 Å². The van der Waals surface area contributed by atoms with E-state index >= 15 is 0 Å². The molecule has 1 aromatic carbocycles. The van der Waals surface area contributed by atoms with Crippen molar-refractivity contribution in [1.29, 1.82) is 0 Å². The average Bonchev–Trinajstić information content (AvgIpc) is 3.29. The highest BCUT2D eigenvalue weighted by atomic mass is 19.4. The van der Waals surface area contributed by atoms with E-state index in [2.05, 4.69) is 26.8 Å². The fourth-order valence-electron chi connectivity index (χ4n) is 2.92. The lowest BCUT2D eigenvalue weighted by Gasteiger charge is -2.08. The second-order valence-electron chi connectivity index (χ2n) is 6.48. The number of anilines is 1. The lowest BCUT2D eigenvalue weighted by Crippen LogP contribution is -2.05. The zero-order valence-electron chi connectivity index (χ0n) is 15.0. The minimum Gasteiger partial charge on any atom is -0.352 e. The number of pyridine rings is 1. The van der Waals surface area contributed by atoms with Crippen LogP contribution >= 0.6 is 0 Å². The number of benzene rings is 1. The first kappa shape index (κ1) is 18.7. The van der Waals surface area contributed by atoms with Crippen molar-refractivity contribution >= 4 is 22.4 Å². The van der Waals surface area contributed by atoms with E-state index in [1.54, 1.807) is 23.3 Å². The van der Waals surface area contributed by atoms with E-state index in [9.17, 15) is 17.6 Å². The Morgan fingerprint density at radius 3 is 2.66 bits per heavy atom. The summed E-state index contributed by atoms with van der Waals surface area (Å²) in [6.45, 7) is 4.31. The van der Waals surface area contributed by atoms with E-state index in [0.29, 0.717) is 40.2 Å². The number of alkyl halides is 3. The Kier molecular flexibility index (Phi) is 4.57. The Hall–Kier alpha value is -3.62. The number of halogens is 4. The summed E-state index contributed by atoms with van der Waals surface area (Å²) in [6, 6.07) is 6.33. The minimum atomic E-state index is -4.36. The maximum Gasteiger partial charge on any atom is 0.416 e. The number of imidazole rings is 1. The second kappa shape index (κ2) is 7.08. The molecule has 0 saturated carbocycles. The first-order valence-corrected chi connectivity index (χ1v) is 8.56. The molecular weight excluding hydrogens is 386 g/mol. The Balaban J connectivity index is 1.47. The summed E-state index contributed by atoms with van der Waals surface area (Å²) in [5, 5.41) is 3.66. The fourth-order valence-corrected chi connectivity index (χ4v) is 2.92. The number of aromatic amines is 1. The molecule has 0 unspecified atom stereocenters. The van der Waals surface area contributed by atoms with Crippen LogP contribution in [0.5, 0.6) is 0 Å². The van der Waals surface area contributed by atoms with Crippen molar-refractivity contribution in [2.24, 2.45) is 0 Å². The van der Waals surface area contributed by atoms with E-state index in [1.165, 1.54) is 18.2 Å². The molecule has 0 atom stereocenters. The zero-order chi connectivity index (χ0) is 20.6. The predicted octanol–water partition coefficient (Wildman–Crippen LogP) is 5.05. The highest BCUT2D eigenvalue weighted by Crippen LogP contribution is 2.29. The maximum absolute atomic E-state index is 13.5. The summed E-state index contributed by atoms with van der Waals surface area (Å²) in [5.41, 5.74) is 2.20. The molecule has 3 heterocycles. The van der Waals surface area contributed by atoms with Crippen LogP contribution in [0.2, 0.25) is 0 Å². The summed E-state index contributed by atoms with van der Waals surface area (Å²) >= 11 is 0. The number of fused-ring (bicyclic) bond motifs is 1. The molecule has 4 rings (SSSR count). The minimum absolute atomic E-state index is 0.362. The van der Waals surface area contributed by atoms with Crippen LogP contribution in [0.4, 0.5) is 23.2 Å². The van der Waals surface area contributed by atoms with Crippen molar-refractivity contribution < 1.29 is 17.6 Å². The van der Waals surface area contributed by atoms with Crippen LogP contribution in [0.25, 0.3) is 16.7 Å². The van der Waals surface area contributed by atoms with Crippen molar-refractivity contribution in [2.75, 3.05) is 5.32 Å². The molecule has 2 N–H and O–H groups in total. The molecular formula is C20H15F4N5. The summed E-state index contributed by atoms with van der Waals surface area (Å²) in [7, 11) is 0. The van der Waals surface area contributed by atoms with Gasteiger partial charge in [-0.2, -0.15) is 13.2 Å². The van der Waals surface area contributed by atoms with Gasteiger partial charge in [0.05, 0.1) is 29.5 Å². The maximum atomic E-state index is 13.5. The summed E-state index contributed by atoms with van der Waals surface area (Å²) in [4.78, 5) is 11.2. The molecule has 0 fully saturated rings. The number of rotatable bonds is 5. The molecule has 29 heavy (non-hydrogen) atoms. The quantitative estimate of drug-likeness (QED) is 0.460. The number of aromatic nitrogens is 4. The lowest BCUT2D eigenvalue weighted by atomic mass is 10.1. The van der Waals surface area contributed by atoms with Crippen LogP contribution in [0.1, 0.15) is 16.8 Å². The Labute approximate surface area is 162 Å². The normalized spacial score (nSPS) is 11.7. The third-order valence-corrected chi connectivity index (χ3v) is 4.37. The second-order valence-corrected chi connectivity index (χ2v) is 6.48. The number of hydrogen-bond donors (Lipinski definition) is 2. The van der Waals surface area contributed by atoms with Gasteiger partial charge in [0.25, 0.3) is 0 Å². The summed E-state index contributed by atoms with van der Waals surface area (Å²) in [5.74, 6) is -0.452. The summed E-state index contributed by atoms with van der Waals surface area (Å²) < 4.78 is 53.2. The van der Waals surface area contributed by atoms with Crippen LogP contribution < -0.4 is 5.32 Å². The van der Waals surface area contributed by atoms with E-state index in [0.717, 1.165) is 18.3 Å². The zero-order valence-corrected chi connectivity index (χ0v) is 15.0. The SMILES string of the molecule is C=C(Nc1c[nH]c2ncc(F)cc12)c1cn(Cc2ccc(C(F)(F)F)cc2)cn1. The van der Waals surface area contributed by atoms with Crippen LogP contribution in [0, 0.1) is 5.82 Å².